The lowest BCUT2D eigenvalue weighted by Crippen LogP contribution is -1.94. The molecule has 0 spiro atoms. The maximum absolute atomic E-state index is 10.0. The number of ether oxygens (including phenoxy) is 1. The first kappa shape index (κ1) is 21.8. The largest absolute Gasteiger partial charge is 0.507 e. The Morgan fingerprint density at radius 2 is 1.12 bits per heavy atom. The van der Waals surface area contributed by atoms with Gasteiger partial charge in [-0.2, -0.15) is 0 Å². The van der Waals surface area contributed by atoms with Crippen LogP contribution in [0.15, 0.2) is 107 Å². The van der Waals surface area contributed by atoms with Crippen molar-refractivity contribution in [3.05, 3.63) is 108 Å². The topological polar surface area (TPSA) is 74.4 Å². The lowest BCUT2D eigenvalue weighted by Gasteiger charge is -2.08. The maximum atomic E-state index is 10.0. The highest BCUT2D eigenvalue weighted by Crippen LogP contribution is 2.28. The fourth-order valence-corrected chi connectivity index (χ4v) is 3.41. The fourth-order valence-electron chi connectivity index (χ4n) is 3.41. The monoisotopic (exact) mass is 436 g/mol. The Morgan fingerprint density at radius 1 is 0.576 bits per heavy atom. The number of benzene rings is 4. The summed E-state index contributed by atoms with van der Waals surface area (Å²) in [6.07, 6.45) is 0. The molecule has 0 aromatic heterocycles. The summed E-state index contributed by atoms with van der Waals surface area (Å²) in [4.78, 5) is 9.20. The van der Waals surface area contributed by atoms with Crippen LogP contribution in [0.4, 0.5) is 11.4 Å². The second-order valence-electron chi connectivity index (χ2n) is 7.52. The van der Waals surface area contributed by atoms with Crippen LogP contribution in [0.2, 0.25) is 0 Å². The molecule has 0 aliphatic carbocycles. The van der Waals surface area contributed by atoms with Gasteiger partial charge in [-0.1, -0.05) is 30.3 Å². The molecular formula is C28H24N2O3. The van der Waals surface area contributed by atoms with Crippen molar-refractivity contribution in [2.24, 2.45) is 9.98 Å². The third-order valence-electron chi connectivity index (χ3n) is 5.07. The Labute approximate surface area is 193 Å². The van der Waals surface area contributed by atoms with Gasteiger partial charge in [0, 0.05) is 28.6 Å². The van der Waals surface area contributed by atoms with Crippen molar-refractivity contribution < 1.29 is 14.9 Å². The Balaban J connectivity index is 1.49. The van der Waals surface area contributed by atoms with E-state index in [0.717, 1.165) is 17.1 Å². The van der Waals surface area contributed by atoms with Gasteiger partial charge < -0.3 is 14.9 Å². The van der Waals surface area contributed by atoms with Gasteiger partial charge in [0.2, 0.25) is 0 Å². The Morgan fingerprint density at radius 3 is 1.70 bits per heavy atom. The van der Waals surface area contributed by atoms with Gasteiger partial charge in [-0.15, -0.1) is 0 Å². The molecule has 0 saturated heterocycles. The molecule has 0 atom stereocenters. The van der Waals surface area contributed by atoms with Gasteiger partial charge in [-0.3, -0.25) is 9.98 Å². The normalized spacial score (nSPS) is 11.9. The van der Waals surface area contributed by atoms with Gasteiger partial charge in [-0.05, 0) is 74.5 Å². The SMILES string of the molecule is CC(=Nc1ccc(Oc2cccc(N=C(C)c3ccccc3O)c2)cc1)c1ccccc1O. The number of phenolic OH excluding ortho intramolecular Hbond substituents is 2. The first-order valence-electron chi connectivity index (χ1n) is 10.5. The van der Waals surface area contributed by atoms with Crippen LogP contribution < -0.4 is 4.74 Å². The molecule has 0 unspecified atom stereocenters. The Kier molecular flexibility index (Phi) is 6.51. The Hall–Kier alpha value is -4.38. The third-order valence-corrected chi connectivity index (χ3v) is 5.07. The molecule has 0 amide bonds. The fraction of sp³-hybridized carbons (Fsp3) is 0.0714. The second kappa shape index (κ2) is 9.83. The number of para-hydroxylation sites is 2. The molecule has 4 aromatic rings. The molecule has 5 heteroatoms. The summed E-state index contributed by atoms with van der Waals surface area (Å²) >= 11 is 0. The molecule has 0 aliphatic heterocycles. The quantitative estimate of drug-likeness (QED) is 0.315. The predicted octanol–water partition coefficient (Wildman–Crippen LogP) is 7.17. The standard InChI is InChI=1S/C28H24N2O3/c1-19(25-10-3-5-12-27(25)31)29-21-14-16-23(17-15-21)33-24-9-7-8-22(18-24)30-20(2)26-11-4-6-13-28(26)32/h3-18,31-32H,1-2H3. The first-order valence-corrected chi connectivity index (χ1v) is 10.5. The highest BCUT2D eigenvalue weighted by atomic mass is 16.5. The molecule has 5 nitrogen and oxygen atoms in total. The molecule has 164 valence electrons. The maximum Gasteiger partial charge on any atom is 0.129 e. The van der Waals surface area contributed by atoms with Gasteiger partial charge in [0.1, 0.15) is 23.0 Å². The van der Waals surface area contributed by atoms with Gasteiger partial charge in [0.25, 0.3) is 0 Å². The molecule has 2 N–H and O–H groups in total. The van der Waals surface area contributed by atoms with E-state index >= 15 is 0 Å². The minimum Gasteiger partial charge on any atom is -0.507 e. The van der Waals surface area contributed by atoms with E-state index in [1.807, 2.05) is 86.6 Å². The van der Waals surface area contributed by atoms with Crippen molar-refractivity contribution in [3.63, 3.8) is 0 Å². The van der Waals surface area contributed by atoms with Gasteiger partial charge in [0.05, 0.1) is 11.4 Å². The number of rotatable bonds is 6. The van der Waals surface area contributed by atoms with E-state index in [1.165, 1.54) is 0 Å². The average molecular weight is 437 g/mol. The second-order valence-corrected chi connectivity index (χ2v) is 7.52. The summed E-state index contributed by atoms with van der Waals surface area (Å²) in [6.45, 7) is 3.72. The summed E-state index contributed by atoms with van der Waals surface area (Å²) in [6, 6.07) is 29.2. The lowest BCUT2D eigenvalue weighted by atomic mass is 10.1. The van der Waals surface area contributed by atoms with Crippen LogP contribution in [0.1, 0.15) is 25.0 Å². The van der Waals surface area contributed by atoms with Crippen LogP contribution in [0.25, 0.3) is 0 Å². The predicted molar refractivity (Wildman–Crippen MR) is 133 cm³/mol. The molecule has 4 rings (SSSR count). The smallest absolute Gasteiger partial charge is 0.129 e. The van der Waals surface area contributed by atoms with Crippen LogP contribution in [0.5, 0.6) is 23.0 Å². The minimum atomic E-state index is 0.201. The zero-order chi connectivity index (χ0) is 23.2. The van der Waals surface area contributed by atoms with Crippen molar-refractivity contribution in [2.45, 2.75) is 13.8 Å². The summed E-state index contributed by atoms with van der Waals surface area (Å²) in [7, 11) is 0. The van der Waals surface area contributed by atoms with Crippen molar-refractivity contribution in [2.75, 3.05) is 0 Å². The summed E-state index contributed by atoms with van der Waals surface area (Å²) in [5, 5.41) is 20.0. The zero-order valence-corrected chi connectivity index (χ0v) is 18.4. The van der Waals surface area contributed by atoms with Gasteiger partial charge in [0.15, 0.2) is 0 Å². The van der Waals surface area contributed by atoms with E-state index < -0.39 is 0 Å². The number of hydrogen-bond donors (Lipinski definition) is 2. The number of phenols is 2. The molecule has 0 radical (unpaired) electrons. The lowest BCUT2D eigenvalue weighted by molar-refractivity contribution is 0.473. The third kappa shape index (κ3) is 5.46. The summed E-state index contributed by atoms with van der Waals surface area (Å²) < 4.78 is 5.99. The highest BCUT2D eigenvalue weighted by Gasteiger charge is 2.06. The van der Waals surface area contributed by atoms with Crippen molar-refractivity contribution in [1.82, 2.24) is 0 Å². The molecule has 0 saturated carbocycles. The van der Waals surface area contributed by atoms with E-state index in [-0.39, 0.29) is 11.5 Å². The first-order chi connectivity index (χ1) is 16.0. The van der Waals surface area contributed by atoms with Crippen LogP contribution in [0.3, 0.4) is 0 Å². The van der Waals surface area contributed by atoms with E-state index in [4.69, 9.17) is 4.74 Å². The van der Waals surface area contributed by atoms with E-state index in [9.17, 15) is 10.2 Å². The highest BCUT2D eigenvalue weighted by molar-refractivity contribution is 6.03. The van der Waals surface area contributed by atoms with Crippen molar-refractivity contribution >= 4 is 22.8 Å². The van der Waals surface area contributed by atoms with Gasteiger partial charge in [-0.25, -0.2) is 0 Å². The van der Waals surface area contributed by atoms with Gasteiger partial charge >= 0.3 is 0 Å². The molecule has 0 fully saturated rings. The zero-order valence-electron chi connectivity index (χ0n) is 18.4. The number of aliphatic imine (C=N–C) groups is 2. The molecule has 33 heavy (non-hydrogen) atoms. The van der Waals surface area contributed by atoms with Crippen LogP contribution in [0, 0.1) is 0 Å². The van der Waals surface area contributed by atoms with E-state index in [1.54, 1.807) is 24.3 Å². The molecule has 0 heterocycles. The van der Waals surface area contributed by atoms with E-state index in [2.05, 4.69) is 9.98 Å². The number of nitrogens with zero attached hydrogens (tertiary/aromatic N) is 2. The summed E-state index contributed by atoms with van der Waals surface area (Å²) in [5.41, 5.74) is 4.33. The van der Waals surface area contributed by atoms with Crippen molar-refractivity contribution in [3.8, 4) is 23.0 Å². The average Bonchev–Trinajstić information content (AvgIpc) is 2.81. The van der Waals surface area contributed by atoms with Crippen LogP contribution >= 0.6 is 0 Å². The van der Waals surface area contributed by atoms with Crippen molar-refractivity contribution in [1.29, 1.82) is 0 Å². The molecular weight excluding hydrogens is 412 g/mol. The minimum absolute atomic E-state index is 0.201. The summed E-state index contributed by atoms with van der Waals surface area (Å²) in [5.74, 6) is 1.74. The number of aromatic hydroxyl groups is 2. The van der Waals surface area contributed by atoms with E-state index in [0.29, 0.717) is 28.3 Å². The molecule has 0 aliphatic rings. The Bertz CT molecular complexity index is 1330. The molecule has 4 aromatic carbocycles. The number of hydrogen-bond acceptors (Lipinski definition) is 5. The van der Waals surface area contributed by atoms with Crippen LogP contribution in [-0.4, -0.2) is 21.6 Å². The molecule has 0 bridgehead atoms. The van der Waals surface area contributed by atoms with Crippen LogP contribution in [-0.2, 0) is 0 Å².